The second kappa shape index (κ2) is 4.59. The first kappa shape index (κ1) is 14.5. The fourth-order valence-electron chi connectivity index (χ4n) is 1.81. The molecule has 0 fully saturated rings. The molecule has 1 rings (SSSR count). The smallest absolute Gasteiger partial charge is 0.111 e. The largest absolute Gasteiger partial charge is 0.302 e. The first-order chi connectivity index (χ1) is 5.73. The third-order valence-corrected chi connectivity index (χ3v) is 4.60. The van der Waals surface area contributed by atoms with E-state index in [0.717, 1.165) is 10.9 Å². The number of hydrogen-bond acceptors (Lipinski definition) is 0. The van der Waals surface area contributed by atoms with Gasteiger partial charge in [-0.05, 0) is 5.20 Å². The van der Waals surface area contributed by atoms with E-state index < -0.39 is 8.07 Å². The van der Waals surface area contributed by atoms with Crippen LogP contribution in [0.3, 0.4) is 0 Å². The van der Waals surface area contributed by atoms with Gasteiger partial charge in [0.05, 0.1) is 29.2 Å². The van der Waals surface area contributed by atoms with E-state index in [1.165, 1.54) is 0 Å². The minimum atomic E-state index is -1.12. The minimum absolute atomic E-state index is 0. The van der Waals surface area contributed by atoms with Crippen LogP contribution in [0.2, 0.25) is 19.6 Å². The number of hydrogen-bond donors (Lipinski definition) is 0. The number of allylic oxidation sites excluding steroid dienone is 3. The van der Waals surface area contributed by atoms with Crippen molar-refractivity contribution in [2.45, 2.75) is 26.1 Å². The standard InChI is InChI=1S/C11H22NSi.Zr/c1-12(2,3)10-8-7-9-11(10)13(4,5)6;/h7,9H,8H2,1-6H3;/q+1;. The topological polar surface area (TPSA) is 0 Å². The van der Waals surface area contributed by atoms with Crippen LogP contribution in [0.1, 0.15) is 6.42 Å². The fraction of sp³-hybridized carbons (Fsp3) is 0.636. The van der Waals surface area contributed by atoms with Gasteiger partial charge in [0, 0.05) is 32.6 Å². The van der Waals surface area contributed by atoms with Crippen molar-refractivity contribution < 1.29 is 30.7 Å². The number of rotatable bonds is 2. The summed E-state index contributed by atoms with van der Waals surface area (Å²) in [5.74, 6) is 0. The average Bonchev–Trinajstić information content (AvgIpc) is 2.27. The number of quaternary nitrogens is 1. The third kappa shape index (κ3) is 3.29. The van der Waals surface area contributed by atoms with E-state index in [-0.39, 0.29) is 26.2 Å². The zero-order chi connectivity index (χ0) is 10.3. The molecule has 1 aliphatic carbocycles. The molecule has 0 heterocycles. The van der Waals surface area contributed by atoms with Crippen molar-refractivity contribution in [3.05, 3.63) is 23.0 Å². The van der Waals surface area contributed by atoms with Gasteiger partial charge in [-0.2, -0.15) is 0 Å². The summed E-state index contributed by atoms with van der Waals surface area (Å²) in [7, 11) is 5.68. The maximum absolute atomic E-state index is 2.42. The Hall–Kier alpha value is 0.540. The molecule has 0 N–H and O–H groups in total. The third-order valence-electron chi connectivity index (χ3n) is 2.52. The van der Waals surface area contributed by atoms with Crippen LogP contribution in [0.25, 0.3) is 0 Å². The maximum Gasteiger partial charge on any atom is 0.111 e. The van der Waals surface area contributed by atoms with Crippen molar-refractivity contribution in [2.75, 3.05) is 21.1 Å². The second-order valence-electron chi connectivity index (χ2n) is 5.73. The molecule has 14 heavy (non-hydrogen) atoms. The molecule has 0 aromatic rings. The Morgan fingerprint density at radius 2 is 1.64 bits per heavy atom. The van der Waals surface area contributed by atoms with Crippen molar-refractivity contribution in [1.29, 1.82) is 0 Å². The summed E-state index contributed by atoms with van der Waals surface area (Å²) in [5, 5.41) is 1.65. The zero-order valence-corrected chi connectivity index (χ0v) is 13.8. The summed E-state index contributed by atoms with van der Waals surface area (Å²) >= 11 is 0. The van der Waals surface area contributed by atoms with Gasteiger partial charge in [-0.3, -0.25) is 0 Å². The van der Waals surface area contributed by atoms with Gasteiger partial charge in [0.25, 0.3) is 0 Å². The molecule has 1 nitrogen and oxygen atoms in total. The molecular weight excluding hydrogens is 265 g/mol. The Labute approximate surface area is 109 Å². The molecule has 3 heteroatoms. The SMILES string of the molecule is C[N+](C)(C)C1=C([Si](C)(C)C)C=CC1.[Zr]. The predicted molar refractivity (Wildman–Crippen MR) is 62.2 cm³/mol. The molecular formula is C11H22NSiZr+. The summed E-state index contributed by atoms with van der Waals surface area (Å²) in [5.41, 5.74) is 1.61. The van der Waals surface area contributed by atoms with E-state index in [1.54, 1.807) is 10.9 Å². The van der Waals surface area contributed by atoms with Crippen molar-refractivity contribution in [3.8, 4) is 0 Å². The Morgan fingerprint density at radius 1 is 1.14 bits per heavy atom. The molecule has 78 valence electrons. The van der Waals surface area contributed by atoms with Crippen LogP contribution < -0.4 is 0 Å². The summed E-state index contributed by atoms with van der Waals surface area (Å²) in [4.78, 5) is 0. The van der Waals surface area contributed by atoms with E-state index in [2.05, 4.69) is 52.9 Å². The van der Waals surface area contributed by atoms with Crippen molar-refractivity contribution in [2.24, 2.45) is 0 Å². The Kier molecular flexibility index (Phi) is 4.77. The zero-order valence-electron chi connectivity index (χ0n) is 10.3. The average molecular weight is 288 g/mol. The van der Waals surface area contributed by atoms with E-state index in [9.17, 15) is 0 Å². The Morgan fingerprint density at radius 3 is 1.93 bits per heavy atom. The fourth-order valence-corrected chi connectivity index (χ4v) is 3.73. The molecule has 0 radical (unpaired) electrons. The van der Waals surface area contributed by atoms with Crippen molar-refractivity contribution in [1.82, 2.24) is 0 Å². The molecule has 0 atom stereocenters. The van der Waals surface area contributed by atoms with E-state index >= 15 is 0 Å². The Bertz CT molecular complexity index is 266. The van der Waals surface area contributed by atoms with Gasteiger partial charge in [-0.15, -0.1) is 0 Å². The molecule has 0 unspecified atom stereocenters. The summed E-state index contributed by atoms with van der Waals surface area (Å²) in [6.07, 6.45) is 5.82. The maximum atomic E-state index is 2.42. The molecule has 1 aliphatic rings. The van der Waals surface area contributed by atoms with Crippen LogP contribution in [0.15, 0.2) is 23.0 Å². The molecule has 0 saturated heterocycles. The molecule has 0 aromatic carbocycles. The number of nitrogens with zero attached hydrogens (tertiary/aromatic N) is 1. The van der Waals surface area contributed by atoms with Crippen LogP contribution in [0.5, 0.6) is 0 Å². The molecule has 0 bridgehead atoms. The predicted octanol–water partition coefficient (Wildman–Crippen LogP) is 2.78. The van der Waals surface area contributed by atoms with Gasteiger partial charge in [0.1, 0.15) is 5.70 Å². The normalized spacial score (nSPS) is 17.3. The summed E-state index contributed by atoms with van der Waals surface area (Å²) < 4.78 is 0.993. The van der Waals surface area contributed by atoms with Crippen LogP contribution >= 0.6 is 0 Å². The van der Waals surface area contributed by atoms with Crippen LogP contribution in [-0.2, 0) is 26.2 Å². The van der Waals surface area contributed by atoms with Gasteiger partial charge in [-0.1, -0.05) is 31.8 Å². The molecule has 0 aromatic heterocycles. The molecule has 0 spiro atoms. The van der Waals surface area contributed by atoms with Crippen LogP contribution in [0, 0.1) is 0 Å². The van der Waals surface area contributed by atoms with Gasteiger partial charge in [0.2, 0.25) is 0 Å². The van der Waals surface area contributed by atoms with Crippen LogP contribution in [-0.4, -0.2) is 33.7 Å². The van der Waals surface area contributed by atoms with E-state index in [0.29, 0.717) is 0 Å². The summed E-state index contributed by atoms with van der Waals surface area (Å²) in [6, 6.07) is 0. The van der Waals surface area contributed by atoms with Gasteiger partial charge in [-0.25, -0.2) is 0 Å². The quantitative estimate of drug-likeness (QED) is 0.541. The van der Waals surface area contributed by atoms with E-state index in [4.69, 9.17) is 0 Å². The molecule has 0 saturated carbocycles. The summed E-state index contributed by atoms with van der Waals surface area (Å²) in [6.45, 7) is 7.27. The van der Waals surface area contributed by atoms with E-state index in [1.807, 2.05) is 0 Å². The first-order valence-corrected chi connectivity index (χ1v) is 8.45. The molecule has 0 aliphatic heterocycles. The van der Waals surface area contributed by atoms with Crippen molar-refractivity contribution >= 4 is 8.07 Å². The molecule has 0 amide bonds. The first-order valence-electron chi connectivity index (χ1n) is 4.95. The van der Waals surface area contributed by atoms with Gasteiger partial charge < -0.3 is 4.48 Å². The minimum Gasteiger partial charge on any atom is -0.302 e. The van der Waals surface area contributed by atoms with Crippen molar-refractivity contribution in [3.63, 3.8) is 0 Å². The Balaban J connectivity index is 0.00000169. The van der Waals surface area contributed by atoms with Gasteiger partial charge in [0.15, 0.2) is 0 Å². The van der Waals surface area contributed by atoms with Crippen LogP contribution in [0.4, 0.5) is 0 Å². The van der Waals surface area contributed by atoms with Gasteiger partial charge >= 0.3 is 0 Å². The monoisotopic (exact) mass is 286 g/mol. The second-order valence-corrected chi connectivity index (χ2v) is 10.8.